The molecule has 1 aromatic heterocycles. The van der Waals surface area contributed by atoms with E-state index in [4.69, 9.17) is 0 Å². The van der Waals surface area contributed by atoms with Crippen LogP contribution in [0.15, 0.2) is 60.4 Å². The van der Waals surface area contributed by atoms with Crippen molar-refractivity contribution in [3.8, 4) is 0 Å². The Labute approximate surface area is 171 Å². The van der Waals surface area contributed by atoms with Gasteiger partial charge in [-0.05, 0) is 61.1 Å². The van der Waals surface area contributed by atoms with Gasteiger partial charge in [0.2, 0.25) is 5.91 Å². The number of amides is 3. The molecule has 1 fully saturated rings. The molecule has 29 heavy (non-hydrogen) atoms. The molecule has 2 unspecified atom stereocenters. The molecule has 0 radical (unpaired) electrons. The van der Waals surface area contributed by atoms with Crippen LogP contribution in [-0.2, 0) is 11.3 Å². The van der Waals surface area contributed by atoms with E-state index in [-0.39, 0.29) is 29.2 Å². The van der Waals surface area contributed by atoms with Gasteiger partial charge >= 0.3 is 6.03 Å². The number of aromatic nitrogens is 1. The van der Waals surface area contributed by atoms with E-state index in [2.05, 4.69) is 54.7 Å². The number of rotatable bonds is 6. The van der Waals surface area contributed by atoms with Crippen LogP contribution in [0.4, 0.5) is 16.2 Å². The van der Waals surface area contributed by atoms with Crippen LogP contribution in [0.25, 0.3) is 0 Å². The maximum absolute atomic E-state index is 12.7. The highest BCUT2D eigenvalue weighted by Gasteiger charge is 2.60. The molecule has 3 rings (SSSR count). The van der Waals surface area contributed by atoms with Gasteiger partial charge in [-0.25, -0.2) is 4.79 Å². The lowest BCUT2D eigenvalue weighted by Gasteiger charge is -2.10. The summed E-state index contributed by atoms with van der Waals surface area (Å²) in [6, 6.07) is 10.6. The second-order valence-electron chi connectivity index (χ2n) is 8.30. The standard InChI is InChI=1S/C23H28N4O2/c1-15(2)12-19-20(23(19,3)4)21(28)26-17-6-5-7-18(13-17)27-22(29)25-14-16-8-10-24-11-9-16/h5-13,19-20H,14H2,1-4H3,(H,26,28)(H2,25,27,29). The summed E-state index contributed by atoms with van der Waals surface area (Å²) in [5.41, 5.74) is 3.44. The third-order valence-electron chi connectivity index (χ3n) is 5.30. The number of benzene rings is 1. The first-order chi connectivity index (χ1) is 13.8. The van der Waals surface area contributed by atoms with Crippen LogP contribution in [0.2, 0.25) is 0 Å². The van der Waals surface area contributed by atoms with Crippen LogP contribution in [0, 0.1) is 17.3 Å². The first kappa shape index (κ1) is 20.6. The van der Waals surface area contributed by atoms with E-state index >= 15 is 0 Å². The van der Waals surface area contributed by atoms with Crippen molar-refractivity contribution in [1.82, 2.24) is 10.3 Å². The SMILES string of the molecule is CC(C)=CC1C(C(=O)Nc2cccc(NC(=O)NCc3ccncc3)c2)C1(C)C. The zero-order chi connectivity index (χ0) is 21.0. The molecule has 2 atom stereocenters. The molecule has 1 aromatic carbocycles. The Bertz CT molecular complexity index is 917. The van der Waals surface area contributed by atoms with Gasteiger partial charge in [0, 0.05) is 30.3 Å². The minimum Gasteiger partial charge on any atom is -0.334 e. The van der Waals surface area contributed by atoms with Gasteiger partial charge in [0.1, 0.15) is 0 Å². The average Bonchev–Trinajstić information content (AvgIpc) is 3.20. The van der Waals surface area contributed by atoms with E-state index in [1.807, 2.05) is 18.2 Å². The lowest BCUT2D eigenvalue weighted by atomic mass is 10.1. The van der Waals surface area contributed by atoms with Gasteiger partial charge in [-0.1, -0.05) is 31.6 Å². The highest BCUT2D eigenvalue weighted by Crippen LogP contribution is 2.59. The van der Waals surface area contributed by atoms with Crippen molar-refractivity contribution < 1.29 is 9.59 Å². The lowest BCUT2D eigenvalue weighted by Crippen LogP contribution is -2.28. The number of nitrogens with zero attached hydrogens (tertiary/aromatic N) is 1. The van der Waals surface area contributed by atoms with Crippen molar-refractivity contribution in [3.05, 3.63) is 66.0 Å². The van der Waals surface area contributed by atoms with Crippen LogP contribution in [0.5, 0.6) is 0 Å². The number of hydrogen-bond acceptors (Lipinski definition) is 3. The summed E-state index contributed by atoms with van der Waals surface area (Å²) in [6.07, 6.45) is 5.55. The van der Waals surface area contributed by atoms with Crippen molar-refractivity contribution in [1.29, 1.82) is 0 Å². The average molecular weight is 393 g/mol. The fourth-order valence-electron chi connectivity index (χ4n) is 3.60. The Balaban J connectivity index is 1.56. The first-order valence-corrected chi connectivity index (χ1v) is 9.77. The van der Waals surface area contributed by atoms with Gasteiger partial charge in [0.25, 0.3) is 0 Å². The predicted molar refractivity (Wildman–Crippen MR) is 115 cm³/mol. The summed E-state index contributed by atoms with van der Waals surface area (Å²) in [4.78, 5) is 28.8. The fraction of sp³-hybridized carbons (Fsp3) is 0.348. The van der Waals surface area contributed by atoms with E-state index in [0.29, 0.717) is 17.9 Å². The zero-order valence-electron chi connectivity index (χ0n) is 17.3. The Morgan fingerprint density at radius 2 is 1.72 bits per heavy atom. The largest absolute Gasteiger partial charge is 0.334 e. The van der Waals surface area contributed by atoms with Crippen LogP contribution < -0.4 is 16.0 Å². The smallest absolute Gasteiger partial charge is 0.319 e. The molecule has 1 aliphatic rings. The number of hydrogen-bond donors (Lipinski definition) is 3. The minimum atomic E-state index is -0.308. The number of anilines is 2. The van der Waals surface area contributed by atoms with Crippen molar-refractivity contribution >= 4 is 23.3 Å². The minimum absolute atomic E-state index is 0.0109. The lowest BCUT2D eigenvalue weighted by molar-refractivity contribution is -0.118. The number of pyridine rings is 1. The van der Waals surface area contributed by atoms with Crippen LogP contribution in [-0.4, -0.2) is 16.9 Å². The molecule has 1 aliphatic carbocycles. The van der Waals surface area contributed by atoms with Crippen LogP contribution in [0.3, 0.4) is 0 Å². The maximum atomic E-state index is 12.7. The molecule has 1 saturated carbocycles. The van der Waals surface area contributed by atoms with Gasteiger partial charge in [-0.15, -0.1) is 0 Å². The summed E-state index contributed by atoms with van der Waals surface area (Å²) in [6.45, 7) is 8.75. The summed E-state index contributed by atoms with van der Waals surface area (Å²) in [5, 5.41) is 8.58. The molecular formula is C23H28N4O2. The zero-order valence-corrected chi connectivity index (χ0v) is 17.3. The van der Waals surface area contributed by atoms with E-state index in [0.717, 1.165) is 5.56 Å². The monoisotopic (exact) mass is 392 g/mol. The number of urea groups is 1. The third-order valence-corrected chi connectivity index (χ3v) is 5.30. The van der Waals surface area contributed by atoms with Crippen LogP contribution >= 0.6 is 0 Å². The number of carbonyl (C=O) groups is 2. The molecule has 3 N–H and O–H groups in total. The fourth-order valence-corrected chi connectivity index (χ4v) is 3.60. The molecule has 0 saturated heterocycles. The topological polar surface area (TPSA) is 83.1 Å². The predicted octanol–water partition coefficient (Wildman–Crippen LogP) is 4.58. The Kier molecular flexibility index (Phi) is 6.01. The maximum Gasteiger partial charge on any atom is 0.319 e. The molecule has 152 valence electrons. The first-order valence-electron chi connectivity index (χ1n) is 9.77. The van der Waals surface area contributed by atoms with Crippen molar-refractivity contribution in [2.24, 2.45) is 17.3 Å². The molecule has 3 amide bonds. The van der Waals surface area contributed by atoms with Gasteiger partial charge in [0.05, 0.1) is 5.92 Å². The van der Waals surface area contributed by atoms with Crippen LogP contribution in [0.1, 0.15) is 33.3 Å². The van der Waals surface area contributed by atoms with Crippen molar-refractivity contribution in [3.63, 3.8) is 0 Å². The van der Waals surface area contributed by atoms with E-state index < -0.39 is 0 Å². The second kappa shape index (κ2) is 8.47. The van der Waals surface area contributed by atoms with Gasteiger partial charge in [-0.2, -0.15) is 0 Å². The number of allylic oxidation sites excluding steroid dienone is 2. The Morgan fingerprint density at radius 3 is 2.38 bits per heavy atom. The molecule has 0 spiro atoms. The molecule has 6 nitrogen and oxygen atoms in total. The summed E-state index contributed by atoms with van der Waals surface area (Å²) >= 11 is 0. The summed E-state index contributed by atoms with van der Waals surface area (Å²) < 4.78 is 0. The highest BCUT2D eigenvalue weighted by atomic mass is 16.2. The highest BCUT2D eigenvalue weighted by molar-refractivity contribution is 5.97. The number of nitrogens with one attached hydrogen (secondary N) is 3. The number of carbonyl (C=O) groups excluding carboxylic acids is 2. The van der Waals surface area contributed by atoms with E-state index in [9.17, 15) is 9.59 Å². The van der Waals surface area contributed by atoms with Crippen molar-refractivity contribution in [2.45, 2.75) is 34.2 Å². The normalized spacial score (nSPS) is 19.0. The molecule has 0 aliphatic heterocycles. The van der Waals surface area contributed by atoms with E-state index in [1.165, 1.54) is 5.57 Å². The van der Waals surface area contributed by atoms with Gasteiger partial charge in [-0.3, -0.25) is 9.78 Å². The molecule has 1 heterocycles. The van der Waals surface area contributed by atoms with Crippen molar-refractivity contribution in [2.75, 3.05) is 10.6 Å². The molecule has 2 aromatic rings. The quantitative estimate of drug-likeness (QED) is 0.629. The van der Waals surface area contributed by atoms with E-state index in [1.54, 1.807) is 30.6 Å². The molecular weight excluding hydrogens is 364 g/mol. The Morgan fingerprint density at radius 1 is 1.07 bits per heavy atom. The Hall–Kier alpha value is -3.15. The molecule has 6 heteroatoms. The van der Waals surface area contributed by atoms with Gasteiger partial charge < -0.3 is 16.0 Å². The second-order valence-corrected chi connectivity index (χ2v) is 8.30. The molecule has 0 bridgehead atoms. The third kappa shape index (κ3) is 5.22. The summed E-state index contributed by atoms with van der Waals surface area (Å²) in [5.74, 6) is 0.224. The summed E-state index contributed by atoms with van der Waals surface area (Å²) in [7, 11) is 0. The van der Waals surface area contributed by atoms with Gasteiger partial charge in [0.15, 0.2) is 0 Å².